The van der Waals surface area contributed by atoms with Crippen molar-refractivity contribution in [2.75, 3.05) is 13.1 Å². The number of carbonyl (C=O) groups is 2. The summed E-state index contributed by atoms with van der Waals surface area (Å²) in [6, 6.07) is 18.6. The molecule has 2 amide bonds. The van der Waals surface area contributed by atoms with Crippen LogP contribution in [0.4, 0.5) is 0 Å². The van der Waals surface area contributed by atoms with Crippen LogP contribution in [0.25, 0.3) is 0 Å². The van der Waals surface area contributed by atoms with Crippen LogP contribution in [0, 0.1) is 0 Å². The highest BCUT2D eigenvalue weighted by Gasteiger charge is 2.23. The van der Waals surface area contributed by atoms with Gasteiger partial charge in [-0.3, -0.25) is 9.59 Å². The number of hydrogen-bond acceptors (Lipinski definition) is 3. The molecule has 0 aliphatic rings. The molecular formula is C20H24N2O3. The molecule has 5 nitrogen and oxygen atoms in total. The van der Waals surface area contributed by atoms with Gasteiger partial charge >= 0.3 is 0 Å². The number of amides is 2. The number of benzene rings is 2. The molecule has 0 radical (unpaired) electrons. The molecule has 1 atom stereocenters. The van der Waals surface area contributed by atoms with Crippen molar-refractivity contribution in [3.63, 3.8) is 0 Å². The second-order valence-electron chi connectivity index (χ2n) is 6.18. The monoisotopic (exact) mass is 340 g/mol. The van der Waals surface area contributed by atoms with E-state index in [1.165, 1.54) is 0 Å². The van der Waals surface area contributed by atoms with Crippen LogP contribution in [-0.2, 0) is 21.6 Å². The highest BCUT2D eigenvalue weighted by Crippen LogP contribution is 2.18. The first-order valence-electron chi connectivity index (χ1n) is 8.32. The molecule has 2 aromatic rings. The Morgan fingerprint density at radius 2 is 1.52 bits per heavy atom. The Hall–Kier alpha value is -2.66. The maximum Gasteiger partial charge on any atom is 0.224 e. The zero-order chi connectivity index (χ0) is 18.1. The van der Waals surface area contributed by atoms with E-state index in [4.69, 9.17) is 0 Å². The smallest absolute Gasteiger partial charge is 0.224 e. The number of nitrogens with one attached hydrogen (secondary N) is 2. The second-order valence-corrected chi connectivity index (χ2v) is 6.18. The molecule has 5 heteroatoms. The van der Waals surface area contributed by atoms with Crippen molar-refractivity contribution < 1.29 is 14.7 Å². The normalized spacial score (nSPS) is 12.9. The molecule has 0 bridgehead atoms. The summed E-state index contributed by atoms with van der Waals surface area (Å²) >= 11 is 0. The summed E-state index contributed by atoms with van der Waals surface area (Å²) in [5, 5.41) is 15.9. The summed E-state index contributed by atoms with van der Waals surface area (Å²) < 4.78 is 0. The summed E-state index contributed by atoms with van der Waals surface area (Å²) in [7, 11) is 0. The maximum absolute atomic E-state index is 11.9. The molecule has 2 aromatic carbocycles. The molecule has 3 N–H and O–H groups in total. The molecule has 132 valence electrons. The van der Waals surface area contributed by atoms with E-state index in [-0.39, 0.29) is 31.3 Å². The minimum atomic E-state index is -1.13. The molecule has 0 fully saturated rings. The van der Waals surface area contributed by atoms with E-state index in [0.717, 1.165) is 11.1 Å². The summed E-state index contributed by atoms with van der Waals surface area (Å²) in [5.74, 6) is -0.327. The SMILES string of the molecule is CC(O)(CNC(=O)CCNC(=O)Cc1ccccc1)c1ccccc1. The first kappa shape index (κ1) is 18.7. The Morgan fingerprint density at radius 1 is 0.920 bits per heavy atom. The van der Waals surface area contributed by atoms with Crippen molar-refractivity contribution in [3.05, 3.63) is 71.8 Å². The summed E-state index contributed by atoms with van der Waals surface area (Å²) in [4.78, 5) is 23.7. The van der Waals surface area contributed by atoms with Gasteiger partial charge in [-0.15, -0.1) is 0 Å². The number of rotatable bonds is 8. The average molecular weight is 340 g/mol. The quantitative estimate of drug-likeness (QED) is 0.685. The second kappa shape index (κ2) is 8.99. The lowest BCUT2D eigenvalue weighted by Crippen LogP contribution is -2.39. The zero-order valence-corrected chi connectivity index (χ0v) is 14.4. The van der Waals surface area contributed by atoms with Crippen molar-refractivity contribution in [2.45, 2.75) is 25.4 Å². The molecule has 0 saturated heterocycles. The summed E-state index contributed by atoms with van der Waals surface area (Å²) in [6.07, 6.45) is 0.469. The van der Waals surface area contributed by atoms with Crippen molar-refractivity contribution >= 4 is 11.8 Å². The molecule has 0 aliphatic carbocycles. The van der Waals surface area contributed by atoms with Crippen molar-refractivity contribution in [1.82, 2.24) is 10.6 Å². The lowest BCUT2D eigenvalue weighted by Gasteiger charge is -2.24. The van der Waals surface area contributed by atoms with Crippen LogP contribution >= 0.6 is 0 Å². The van der Waals surface area contributed by atoms with Crippen LogP contribution in [0.15, 0.2) is 60.7 Å². The van der Waals surface area contributed by atoms with Gasteiger partial charge in [0.15, 0.2) is 0 Å². The summed E-state index contributed by atoms with van der Waals surface area (Å²) in [5.41, 5.74) is 0.544. The predicted octanol–water partition coefficient (Wildman–Crippen LogP) is 1.76. The third-order valence-corrected chi connectivity index (χ3v) is 3.91. The van der Waals surface area contributed by atoms with E-state index >= 15 is 0 Å². The Labute approximate surface area is 148 Å². The van der Waals surface area contributed by atoms with Crippen LogP contribution < -0.4 is 10.6 Å². The van der Waals surface area contributed by atoms with Crippen molar-refractivity contribution in [3.8, 4) is 0 Å². The van der Waals surface area contributed by atoms with Gasteiger partial charge in [-0.2, -0.15) is 0 Å². The topological polar surface area (TPSA) is 78.4 Å². The van der Waals surface area contributed by atoms with Gasteiger partial charge in [-0.05, 0) is 18.1 Å². The number of hydrogen-bond donors (Lipinski definition) is 3. The Balaban J connectivity index is 1.68. The van der Waals surface area contributed by atoms with Gasteiger partial charge in [-0.25, -0.2) is 0 Å². The number of carbonyl (C=O) groups excluding carboxylic acids is 2. The van der Waals surface area contributed by atoms with Gasteiger partial charge in [0, 0.05) is 13.0 Å². The standard InChI is InChI=1S/C20H24N2O3/c1-20(25,17-10-6-3-7-11-17)15-22-18(23)12-13-21-19(24)14-16-8-4-2-5-9-16/h2-11,25H,12-15H2,1H3,(H,21,24)(H,22,23). The van der Waals surface area contributed by atoms with Gasteiger partial charge in [0.1, 0.15) is 5.60 Å². The average Bonchev–Trinajstić information content (AvgIpc) is 2.62. The van der Waals surface area contributed by atoms with Crippen LogP contribution in [0.2, 0.25) is 0 Å². The van der Waals surface area contributed by atoms with Gasteiger partial charge in [0.05, 0.1) is 13.0 Å². The molecule has 1 unspecified atom stereocenters. The first-order valence-corrected chi connectivity index (χ1v) is 8.32. The minimum absolute atomic E-state index is 0.115. The molecule has 2 rings (SSSR count). The van der Waals surface area contributed by atoms with E-state index in [9.17, 15) is 14.7 Å². The molecule has 0 aliphatic heterocycles. The number of aliphatic hydroxyl groups is 1. The Bertz CT molecular complexity index is 685. The van der Waals surface area contributed by atoms with E-state index in [1.54, 1.807) is 6.92 Å². The maximum atomic E-state index is 11.9. The van der Waals surface area contributed by atoms with E-state index in [0.29, 0.717) is 6.42 Å². The minimum Gasteiger partial charge on any atom is -0.384 e. The lowest BCUT2D eigenvalue weighted by molar-refractivity contribution is -0.122. The van der Waals surface area contributed by atoms with Crippen LogP contribution in [-0.4, -0.2) is 30.0 Å². The first-order chi connectivity index (χ1) is 12.0. The highest BCUT2D eigenvalue weighted by molar-refractivity contribution is 5.80. The van der Waals surface area contributed by atoms with Crippen LogP contribution in [0.1, 0.15) is 24.5 Å². The summed E-state index contributed by atoms with van der Waals surface area (Å²) in [6.45, 7) is 2.04. The predicted molar refractivity (Wildman–Crippen MR) is 96.8 cm³/mol. The fourth-order valence-electron chi connectivity index (χ4n) is 2.42. The van der Waals surface area contributed by atoms with Crippen LogP contribution in [0.5, 0.6) is 0 Å². The molecule has 0 heterocycles. The molecular weight excluding hydrogens is 316 g/mol. The van der Waals surface area contributed by atoms with Gasteiger partial charge in [0.2, 0.25) is 11.8 Å². The third kappa shape index (κ3) is 6.39. The van der Waals surface area contributed by atoms with Crippen molar-refractivity contribution in [2.24, 2.45) is 0 Å². The molecule has 0 spiro atoms. The molecule has 0 aromatic heterocycles. The van der Waals surface area contributed by atoms with Gasteiger partial charge in [-0.1, -0.05) is 60.7 Å². The lowest BCUT2D eigenvalue weighted by atomic mass is 9.96. The van der Waals surface area contributed by atoms with E-state index in [1.807, 2.05) is 60.7 Å². The van der Waals surface area contributed by atoms with Gasteiger partial charge in [0.25, 0.3) is 0 Å². The van der Waals surface area contributed by atoms with Crippen LogP contribution in [0.3, 0.4) is 0 Å². The Morgan fingerprint density at radius 3 is 2.16 bits per heavy atom. The van der Waals surface area contributed by atoms with Crippen molar-refractivity contribution in [1.29, 1.82) is 0 Å². The third-order valence-electron chi connectivity index (χ3n) is 3.91. The fraction of sp³-hybridized carbons (Fsp3) is 0.300. The molecule has 25 heavy (non-hydrogen) atoms. The molecule has 0 saturated carbocycles. The van der Waals surface area contributed by atoms with E-state index in [2.05, 4.69) is 10.6 Å². The zero-order valence-electron chi connectivity index (χ0n) is 14.4. The largest absolute Gasteiger partial charge is 0.384 e. The highest BCUT2D eigenvalue weighted by atomic mass is 16.3. The van der Waals surface area contributed by atoms with E-state index < -0.39 is 5.60 Å². The fourth-order valence-corrected chi connectivity index (χ4v) is 2.42. The Kier molecular flexibility index (Phi) is 6.71. The van der Waals surface area contributed by atoms with Gasteiger partial charge < -0.3 is 15.7 Å².